The highest BCUT2D eigenvalue weighted by atomic mass is 35.5. The Bertz CT molecular complexity index is 465. The first-order valence-electron chi connectivity index (χ1n) is 4.90. The zero-order valence-corrected chi connectivity index (χ0v) is 9.17. The SMILES string of the molecule is [N-]=[N+]=N[C@H]1CC(c2ccccc2)=C(Cl)[C@@H]1O. The molecule has 1 N–H and O–H groups in total. The summed E-state index contributed by atoms with van der Waals surface area (Å²) in [4.78, 5) is 2.71. The molecule has 0 aliphatic heterocycles. The maximum Gasteiger partial charge on any atom is 0.0986 e. The van der Waals surface area contributed by atoms with E-state index in [4.69, 9.17) is 17.1 Å². The number of hydrogen-bond donors (Lipinski definition) is 1. The predicted octanol–water partition coefficient (Wildman–Crippen LogP) is 3.08. The molecule has 0 fully saturated rings. The van der Waals surface area contributed by atoms with Gasteiger partial charge in [0.2, 0.25) is 0 Å². The van der Waals surface area contributed by atoms with Crippen LogP contribution in [0.15, 0.2) is 40.5 Å². The molecule has 0 unspecified atom stereocenters. The van der Waals surface area contributed by atoms with Gasteiger partial charge in [0.1, 0.15) is 0 Å². The molecule has 0 bridgehead atoms. The molecule has 0 spiro atoms. The number of hydrogen-bond acceptors (Lipinski definition) is 2. The first kappa shape index (κ1) is 11.0. The first-order valence-corrected chi connectivity index (χ1v) is 5.28. The number of benzene rings is 1. The maximum absolute atomic E-state index is 9.77. The molecule has 5 heteroatoms. The zero-order chi connectivity index (χ0) is 11.5. The van der Waals surface area contributed by atoms with Crippen molar-refractivity contribution in [2.75, 3.05) is 0 Å². The molecule has 2 rings (SSSR count). The predicted molar refractivity (Wildman–Crippen MR) is 62.8 cm³/mol. The Morgan fingerprint density at radius 1 is 1.38 bits per heavy atom. The molecule has 1 aliphatic rings. The van der Waals surface area contributed by atoms with E-state index in [9.17, 15) is 5.11 Å². The molecule has 0 radical (unpaired) electrons. The van der Waals surface area contributed by atoms with Gasteiger partial charge in [-0.2, -0.15) is 0 Å². The van der Waals surface area contributed by atoms with Crippen molar-refractivity contribution in [1.82, 2.24) is 0 Å². The lowest BCUT2D eigenvalue weighted by atomic mass is 10.1. The van der Waals surface area contributed by atoms with Gasteiger partial charge in [-0.15, -0.1) is 0 Å². The van der Waals surface area contributed by atoms with Crippen LogP contribution in [0.4, 0.5) is 0 Å². The van der Waals surface area contributed by atoms with Crippen LogP contribution >= 0.6 is 11.6 Å². The minimum atomic E-state index is -0.882. The van der Waals surface area contributed by atoms with Gasteiger partial charge >= 0.3 is 0 Å². The fourth-order valence-corrected chi connectivity index (χ4v) is 2.16. The van der Waals surface area contributed by atoms with E-state index >= 15 is 0 Å². The molecule has 0 saturated carbocycles. The Morgan fingerprint density at radius 2 is 2.06 bits per heavy atom. The van der Waals surface area contributed by atoms with Crippen LogP contribution in [0.2, 0.25) is 0 Å². The lowest BCUT2D eigenvalue weighted by Gasteiger charge is -2.06. The zero-order valence-electron chi connectivity index (χ0n) is 8.42. The number of aliphatic hydroxyl groups is 1. The minimum Gasteiger partial charge on any atom is -0.387 e. The highest BCUT2D eigenvalue weighted by Gasteiger charge is 2.32. The molecular formula is C11H10ClN3O. The van der Waals surface area contributed by atoms with E-state index < -0.39 is 12.1 Å². The second-order valence-electron chi connectivity index (χ2n) is 3.61. The molecule has 0 heterocycles. The second-order valence-corrected chi connectivity index (χ2v) is 4.02. The van der Waals surface area contributed by atoms with Crippen molar-refractivity contribution < 1.29 is 5.11 Å². The molecular weight excluding hydrogens is 226 g/mol. The van der Waals surface area contributed by atoms with Crippen molar-refractivity contribution in [3.63, 3.8) is 0 Å². The molecule has 0 amide bonds. The Balaban J connectivity index is 2.33. The van der Waals surface area contributed by atoms with Crippen molar-refractivity contribution in [2.45, 2.75) is 18.6 Å². The van der Waals surface area contributed by atoms with Crippen LogP contribution in [0, 0.1) is 0 Å². The smallest absolute Gasteiger partial charge is 0.0986 e. The number of rotatable bonds is 2. The summed E-state index contributed by atoms with van der Waals surface area (Å²) in [5.41, 5.74) is 10.2. The molecule has 0 saturated heterocycles. The van der Waals surface area contributed by atoms with Crippen molar-refractivity contribution in [1.29, 1.82) is 0 Å². The second kappa shape index (κ2) is 4.58. The van der Waals surface area contributed by atoms with Crippen molar-refractivity contribution in [2.24, 2.45) is 5.11 Å². The van der Waals surface area contributed by atoms with Crippen LogP contribution in [-0.4, -0.2) is 17.3 Å². The van der Waals surface area contributed by atoms with E-state index in [0.717, 1.165) is 11.1 Å². The van der Waals surface area contributed by atoms with Crippen molar-refractivity contribution >= 4 is 17.2 Å². The number of aliphatic hydroxyl groups excluding tert-OH is 1. The van der Waals surface area contributed by atoms with Crippen LogP contribution < -0.4 is 0 Å². The van der Waals surface area contributed by atoms with Gasteiger partial charge in [-0.1, -0.05) is 47.0 Å². The quantitative estimate of drug-likeness (QED) is 0.478. The lowest BCUT2D eigenvalue weighted by molar-refractivity contribution is 0.198. The summed E-state index contributed by atoms with van der Waals surface area (Å²) in [5.74, 6) is 0. The Morgan fingerprint density at radius 3 is 2.69 bits per heavy atom. The van der Waals surface area contributed by atoms with Gasteiger partial charge < -0.3 is 5.11 Å². The van der Waals surface area contributed by atoms with Gasteiger partial charge in [-0.3, -0.25) is 0 Å². The van der Waals surface area contributed by atoms with Crippen molar-refractivity contribution in [3.05, 3.63) is 51.4 Å². The third-order valence-electron chi connectivity index (χ3n) is 2.65. The average molecular weight is 236 g/mol. The van der Waals surface area contributed by atoms with E-state index in [2.05, 4.69) is 10.0 Å². The Hall–Kier alpha value is -1.48. The van der Waals surface area contributed by atoms with Gasteiger partial charge in [0, 0.05) is 4.91 Å². The molecule has 1 aromatic carbocycles. The minimum absolute atomic E-state index is 0.378. The summed E-state index contributed by atoms with van der Waals surface area (Å²) >= 11 is 6.04. The summed E-state index contributed by atoms with van der Waals surface area (Å²) in [6.07, 6.45) is -0.401. The summed E-state index contributed by atoms with van der Waals surface area (Å²) in [7, 11) is 0. The highest BCUT2D eigenvalue weighted by molar-refractivity contribution is 6.33. The van der Waals surface area contributed by atoms with Crippen molar-refractivity contribution in [3.8, 4) is 0 Å². The third kappa shape index (κ3) is 1.91. The monoisotopic (exact) mass is 235 g/mol. The molecule has 82 valence electrons. The van der Waals surface area contributed by atoms with E-state index in [0.29, 0.717) is 11.5 Å². The first-order chi connectivity index (χ1) is 7.74. The van der Waals surface area contributed by atoms with Crippen LogP contribution in [0.25, 0.3) is 16.0 Å². The number of azide groups is 1. The molecule has 1 aromatic rings. The van der Waals surface area contributed by atoms with Crippen LogP contribution in [0.5, 0.6) is 0 Å². The standard InChI is InChI=1S/C11H10ClN3O/c12-10-8(7-4-2-1-3-5-7)6-9(11(10)16)14-15-13/h1-5,9,11,16H,6H2/t9-,11+/m0/s1. The highest BCUT2D eigenvalue weighted by Crippen LogP contribution is 2.37. The van der Waals surface area contributed by atoms with E-state index in [1.807, 2.05) is 30.3 Å². The fraction of sp³-hybridized carbons (Fsp3) is 0.273. The van der Waals surface area contributed by atoms with Crippen LogP contribution in [0.1, 0.15) is 12.0 Å². The van der Waals surface area contributed by atoms with Gasteiger partial charge in [-0.05, 0) is 23.1 Å². The summed E-state index contributed by atoms with van der Waals surface area (Å²) < 4.78 is 0. The fourth-order valence-electron chi connectivity index (χ4n) is 1.83. The van der Waals surface area contributed by atoms with Gasteiger partial charge in [0.25, 0.3) is 0 Å². The molecule has 0 aromatic heterocycles. The molecule has 16 heavy (non-hydrogen) atoms. The Kier molecular flexibility index (Phi) is 3.15. The lowest BCUT2D eigenvalue weighted by Crippen LogP contribution is -2.17. The summed E-state index contributed by atoms with van der Waals surface area (Å²) in [6, 6.07) is 9.06. The average Bonchev–Trinajstić information content (AvgIpc) is 2.59. The van der Waals surface area contributed by atoms with Gasteiger partial charge in [0.15, 0.2) is 0 Å². The third-order valence-corrected chi connectivity index (χ3v) is 3.10. The van der Waals surface area contributed by atoms with Crippen LogP contribution in [-0.2, 0) is 0 Å². The maximum atomic E-state index is 9.77. The number of nitrogens with zero attached hydrogens (tertiary/aromatic N) is 3. The van der Waals surface area contributed by atoms with E-state index in [1.165, 1.54) is 0 Å². The Labute approximate surface area is 97.8 Å². The normalized spacial score (nSPS) is 24.4. The molecule has 1 aliphatic carbocycles. The topological polar surface area (TPSA) is 69.0 Å². The van der Waals surface area contributed by atoms with E-state index in [1.54, 1.807) is 0 Å². The van der Waals surface area contributed by atoms with Gasteiger partial charge in [0.05, 0.1) is 17.2 Å². The molecule has 2 atom stereocenters. The summed E-state index contributed by atoms with van der Waals surface area (Å²) in [6.45, 7) is 0. The van der Waals surface area contributed by atoms with Gasteiger partial charge in [-0.25, -0.2) is 0 Å². The molecule has 4 nitrogen and oxygen atoms in total. The van der Waals surface area contributed by atoms with Crippen LogP contribution in [0.3, 0.4) is 0 Å². The van der Waals surface area contributed by atoms with E-state index in [-0.39, 0.29) is 0 Å². The largest absolute Gasteiger partial charge is 0.387 e. The number of halogens is 1. The summed E-state index contributed by atoms with van der Waals surface area (Å²) in [5, 5.41) is 13.7.